The zero-order valence-corrected chi connectivity index (χ0v) is 8.08. The molecule has 13 heavy (non-hydrogen) atoms. The van der Waals surface area contributed by atoms with Crippen molar-refractivity contribution >= 4 is 5.78 Å². The average Bonchev–Trinajstić information content (AvgIpc) is 2.51. The lowest BCUT2D eigenvalue weighted by Crippen LogP contribution is -2.05. The van der Waals surface area contributed by atoms with Crippen LogP contribution in [-0.4, -0.2) is 15.3 Å². The van der Waals surface area contributed by atoms with E-state index in [1.165, 1.54) is 0 Å². The number of aryl methyl sites for hydroxylation is 1. The molecular formula is C10H14N2O. The second-order valence-electron chi connectivity index (χ2n) is 3.09. The maximum Gasteiger partial charge on any atom is 0.184 e. The third-order valence-corrected chi connectivity index (χ3v) is 2.01. The number of Topliss-reactive ketones (excluding diaryl/α,β-unsaturated/α-hetero) is 1. The monoisotopic (exact) mass is 178 g/mol. The fourth-order valence-corrected chi connectivity index (χ4v) is 1.07. The Bertz CT molecular complexity index is 325. The molecule has 0 spiro atoms. The summed E-state index contributed by atoms with van der Waals surface area (Å²) in [7, 11) is 1.81. The third-order valence-electron chi connectivity index (χ3n) is 2.01. The molecule has 0 aromatic carbocycles. The van der Waals surface area contributed by atoms with E-state index in [4.69, 9.17) is 0 Å². The Morgan fingerprint density at radius 1 is 1.69 bits per heavy atom. The average molecular weight is 178 g/mol. The molecule has 1 heterocycles. The molecular weight excluding hydrogens is 164 g/mol. The molecule has 0 fully saturated rings. The predicted octanol–water partition coefficient (Wildman–Crippen LogP) is 1.96. The smallest absolute Gasteiger partial charge is 0.184 e. The van der Waals surface area contributed by atoms with Crippen LogP contribution in [0.5, 0.6) is 0 Å². The minimum atomic E-state index is 0.0897. The van der Waals surface area contributed by atoms with Gasteiger partial charge < -0.3 is 4.57 Å². The molecule has 0 N–H and O–H groups in total. The quantitative estimate of drug-likeness (QED) is 0.521. The van der Waals surface area contributed by atoms with Gasteiger partial charge in [0, 0.05) is 13.5 Å². The Morgan fingerprint density at radius 3 is 2.85 bits per heavy atom. The minimum Gasteiger partial charge on any atom is -0.331 e. The summed E-state index contributed by atoms with van der Waals surface area (Å²) in [5, 5.41) is 0. The molecule has 1 aromatic rings. The highest BCUT2D eigenvalue weighted by molar-refractivity contribution is 5.95. The van der Waals surface area contributed by atoms with Gasteiger partial charge in [-0.2, -0.15) is 0 Å². The van der Waals surface area contributed by atoms with Gasteiger partial charge in [-0.05, 0) is 6.42 Å². The van der Waals surface area contributed by atoms with Crippen molar-refractivity contribution in [3.05, 3.63) is 30.4 Å². The number of imidazole rings is 1. The molecule has 3 heteroatoms. The third kappa shape index (κ3) is 2.28. The van der Waals surface area contributed by atoms with Gasteiger partial charge in [0.15, 0.2) is 5.78 Å². The van der Waals surface area contributed by atoms with E-state index in [2.05, 4.69) is 11.6 Å². The molecule has 0 atom stereocenters. The fourth-order valence-electron chi connectivity index (χ4n) is 1.07. The summed E-state index contributed by atoms with van der Waals surface area (Å²) in [6.45, 7) is 5.80. The first-order valence-corrected chi connectivity index (χ1v) is 4.31. The van der Waals surface area contributed by atoms with E-state index in [0.29, 0.717) is 12.1 Å². The molecule has 0 saturated carbocycles. The second kappa shape index (κ2) is 4.03. The van der Waals surface area contributed by atoms with Crippen LogP contribution < -0.4 is 0 Å². The standard InChI is InChI=1S/C10H14N2O/c1-4-8(2)5-10(13)9-6-11-7-12(9)3/h6-7H,2,4-5H2,1,3H3. The first-order valence-electron chi connectivity index (χ1n) is 4.31. The molecule has 0 amide bonds. The fraction of sp³-hybridized carbons (Fsp3) is 0.400. The number of ketones is 1. The molecule has 0 aliphatic carbocycles. The lowest BCUT2D eigenvalue weighted by Gasteiger charge is -2.02. The number of allylic oxidation sites excluding steroid dienone is 1. The highest BCUT2D eigenvalue weighted by atomic mass is 16.1. The van der Waals surface area contributed by atoms with Crippen molar-refractivity contribution in [3.8, 4) is 0 Å². The SMILES string of the molecule is C=C(CC)CC(=O)c1cncn1C. The Labute approximate surface area is 78.1 Å². The lowest BCUT2D eigenvalue weighted by atomic mass is 10.1. The highest BCUT2D eigenvalue weighted by Gasteiger charge is 2.09. The van der Waals surface area contributed by atoms with Gasteiger partial charge in [0.25, 0.3) is 0 Å². The number of carbonyl (C=O) groups is 1. The van der Waals surface area contributed by atoms with Crippen molar-refractivity contribution in [1.82, 2.24) is 9.55 Å². The van der Waals surface area contributed by atoms with Gasteiger partial charge in [0.2, 0.25) is 0 Å². The van der Waals surface area contributed by atoms with Crippen molar-refractivity contribution in [1.29, 1.82) is 0 Å². The topological polar surface area (TPSA) is 34.9 Å². The summed E-state index contributed by atoms with van der Waals surface area (Å²) < 4.78 is 1.73. The van der Waals surface area contributed by atoms with Crippen LogP contribution in [0.15, 0.2) is 24.7 Å². The molecule has 1 rings (SSSR count). The number of aromatic nitrogens is 2. The first-order chi connectivity index (χ1) is 6.15. The highest BCUT2D eigenvalue weighted by Crippen LogP contribution is 2.09. The van der Waals surface area contributed by atoms with Crippen molar-refractivity contribution in [2.24, 2.45) is 7.05 Å². The number of hydrogen-bond donors (Lipinski definition) is 0. The van der Waals surface area contributed by atoms with Crippen LogP contribution in [0.2, 0.25) is 0 Å². The van der Waals surface area contributed by atoms with Gasteiger partial charge in [0.05, 0.1) is 12.5 Å². The van der Waals surface area contributed by atoms with Gasteiger partial charge in [-0.15, -0.1) is 0 Å². The molecule has 0 bridgehead atoms. The Kier molecular flexibility index (Phi) is 3.01. The van der Waals surface area contributed by atoms with E-state index in [9.17, 15) is 4.79 Å². The van der Waals surface area contributed by atoms with Crippen LogP contribution in [-0.2, 0) is 7.05 Å². The molecule has 70 valence electrons. The van der Waals surface area contributed by atoms with E-state index in [1.54, 1.807) is 17.1 Å². The van der Waals surface area contributed by atoms with Crippen LogP contribution in [0.25, 0.3) is 0 Å². The van der Waals surface area contributed by atoms with E-state index < -0.39 is 0 Å². The number of carbonyl (C=O) groups excluding carboxylic acids is 1. The van der Waals surface area contributed by atoms with E-state index in [-0.39, 0.29) is 5.78 Å². The number of hydrogen-bond acceptors (Lipinski definition) is 2. The van der Waals surface area contributed by atoms with Crippen molar-refractivity contribution in [2.75, 3.05) is 0 Å². The molecule has 0 unspecified atom stereocenters. The van der Waals surface area contributed by atoms with Crippen LogP contribution in [0, 0.1) is 0 Å². The van der Waals surface area contributed by atoms with E-state index in [1.807, 2.05) is 14.0 Å². The largest absolute Gasteiger partial charge is 0.331 e. The summed E-state index contributed by atoms with van der Waals surface area (Å²) in [5.41, 5.74) is 1.61. The Balaban J connectivity index is 2.69. The van der Waals surface area contributed by atoms with Gasteiger partial charge in [-0.3, -0.25) is 4.79 Å². The first kappa shape index (κ1) is 9.71. The molecule has 3 nitrogen and oxygen atoms in total. The number of rotatable bonds is 4. The second-order valence-corrected chi connectivity index (χ2v) is 3.09. The predicted molar refractivity (Wildman–Crippen MR) is 51.6 cm³/mol. The van der Waals surface area contributed by atoms with Gasteiger partial charge in [-0.1, -0.05) is 19.1 Å². The van der Waals surface area contributed by atoms with Crippen LogP contribution in [0.3, 0.4) is 0 Å². The van der Waals surface area contributed by atoms with Crippen LogP contribution in [0.4, 0.5) is 0 Å². The van der Waals surface area contributed by atoms with Crippen molar-refractivity contribution < 1.29 is 4.79 Å². The molecule has 0 saturated heterocycles. The van der Waals surface area contributed by atoms with Gasteiger partial charge in [0.1, 0.15) is 5.69 Å². The van der Waals surface area contributed by atoms with E-state index >= 15 is 0 Å². The summed E-state index contributed by atoms with van der Waals surface area (Å²) in [4.78, 5) is 15.5. The summed E-state index contributed by atoms with van der Waals surface area (Å²) in [5.74, 6) is 0.0897. The maximum atomic E-state index is 11.6. The van der Waals surface area contributed by atoms with Gasteiger partial charge >= 0.3 is 0 Å². The summed E-state index contributed by atoms with van der Waals surface area (Å²) >= 11 is 0. The normalized spacial score (nSPS) is 10.0. The van der Waals surface area contributed by atoms with Crippen molar-refractivity contribution in [3.63, 3.8) is 0 Å². The minimum absolute atomic E-state index is 0.0897. The zero-order chi connectivity index (χ0) is 9.84. The summed E-state index contributed by atoms with van der Waals surface area (Å²) in [6, 6.07) is 0. The van der Waals surface area contributed by atoms with E-state index in [0.717, 1.165) is 12.0 Å². The zero-order valence-electron chi connectivity index (χ0n) is 8.08. The molecule has 1 aromatic heterocycles. The molecule has 0 aliphatic rings. The van der Waals surface area contributed by atoms with Crippen molar-refractivity contribution in [2.45, 2.75) is 19.8 Å². The summed E-state index contributed by atoms with van der Waals surface area (Å²) in [6.07, 6.45) is 4.49. The number of nitrogens with zero attached hydrogens (tertiary/aromatic N) is 2. The van der Waals surface area contributed by atoms with Crippen LogP contribution >= 0.6 is 0 Å². The van der Waals surface area contributed by atoms with Gasteiger partial charge in [-0.25, -0.2) is 4.98 Å². The Hall–Kier alpha value is -1.38. The Morgan fingerprint density at radius 2 is 2.38 bits per heavy atom. The lowest BCUT2D eigenvalue weighted by molar-refractivity contribution is 0.0984. The molecule has 0 aliphatic heterocycles. The molecule has 0 radical (unpaired) electrons. The van der Waals surface area contributed by atoms with Crippen LogP contribution in [0.1, 0.15) is 30.3 Å². The maximum absolute atomic E-state index is 11.6.